The van der Waals surface area contributed by atoms with Crippen molar-refractivity contribution in [2.45, 2.75) is 18.9 Å². The number of carbonyl (C=O) groups excluding carboxylic acids is 2. The molecule has 0 saturated carbocycles. The van der Waals surface area contributed by atoms with E-state index < -0.39 is 5.82 Å². The minimum absolute atomic E-state index is 0.130. The van der Waals surface area contributed by atoms with Gasteiger partial charge in [-0.3, -0.25) is 4.79 Å². The van der Waals surface area contributed by atoms with Crippen molar-refractivity contribution < 1.29 is 14.0 Å². The molecule has 144 valence electrons. The van der Waals surface area contributed by atoms with Crippen molar-refractivity contribution in [1.82, 2.24) is 15.6 Å². The number of aromatic nitrogens is 1. The predicted octanol–water partition coefficient (Wildman–Crippen LogP) is 2.95. The molecule has 1 aliphatic rings. The summed E-state index contributed by atoms with van der Waals surface area (Å²) in [4.78, 5) is 29.1. The third kappa shape index (κ3) is 3.83. The van der Waals surface area contributed by atoms with E-state index in [0.29, 0.717) is 25.2 Å². The summed E-state index contributed by atoms with van der Waals surface area (Å²) < 4.78 is 13.4. The number of hydrogen-bond acceptors (Lipinski definition) is 2. The molecule has 3 amide bonds. The van der Waals surface area contributed by atoms with Crippen LogP contribution in [0, 0.1) is 5.82 Å². The van der Waals surface area contributed by atoms with Crippen LogP contribution in [0.15, 0.2) is 54.7 Å². The van der Waals surface area contributed by atoms with Crippen LogP contribution in [0.1, 0.15) is 12.0 Å². The van der Waals surface area contributed by atoms with Gasteiger partial charge in [0.1, 0.15) is 5.82 Å². The van der Waals surface area contributed by atoms with E-state index in [0.717, 1.165) is 16.5 Å². The number of anilines is 1. The number of hydrogen-bond donors (Lipinski definition) is 3. The molecule has 1 aromatic heterocycles. The molecule has 0 bridgehead atoms. The topological polar surface area (TPSA) is 77.2 Å². The molecule has 1 saturated heterocycles. The number of halogens is 1. The third-order valence-electron chi connectivity index (χ3n) is 4.93. The van der Waals surface area contributed by atoms with Crippen LogP contribution in [-0.4, -0.2) is 36.1 Å². The second-order valence-corrected chi connectivity index (χ2v) is 6.89. The molecule has 3 N–H and O–H groups in total. The first-order valence-corrected chi connectivity index (χ1v) is 9.25. The number of urea groups is 1. The molecule has 28 heavy (non-hydrogen) atoms. The summed E-state index contributed by atoms with van der Waals surface area (Å²) >= 11 is 0. The highest BCUT2D eigenvalue weighted by Gasteiger charge is 2.31. The maximum absolute atomic E-state index is 13.4. The van der Waals surface area contributed by atoms with Crippen LogP contribution < -0.4 is 15.5 Å². The molecule has 3 aromatic rings. The number of amides is 3. The first-order chi connectivity index (χ1) is 13.6. The number of fused-ring (bicyclic) bond motifs is 1. The van der Waals surface area contributed by atoms with Crippen LogP contribution in [0.2, 0.25) is 0 Å². The largest absolute Gasteiger partial charge is 0.361 e. The minimum atomic E-state index is -0.392. The highest BCUT2D eigenvalue weighted by atomic mass is 19.1. The van der Waals surface area contributed by atoms with Gasteiger partial charge in [-0.05, 0) is 36.2 Å². The van der Waals surface area contributed by atoms with E-state index in [1.54, 1.807) is 12.1 Å². The van der Waals surface area contributed by atoms with Crippen LogP contribution in [0.3, 0.4) is 0 Å². The molecule has 0 unspecified atom stereocenters. The Balaban J connectivity index is 1.28. The lowest BCUT2D eigenvalue weighted by Crippen LogP contribution is -2.43. The van der Waals surface area contributed by atoms with Gasteiger partial charge in [0.25, 0.3) is 0 Å². The number of para-hydroxylation sites is 1. The summed E-state index contributed by atoms with van der Waals surface area (Å²) in [5, 5.41) is 6.81. The lowest BCUT2D eigenvalue weighted by Gasteiger charge is -2.17. The fourth-order valence-corrected chi connectivity index (χ4v) is 3.58. The monoisotopic (exact) mass is 380 g/mol. The molecule has 0 aliphatic carbocycles. The lowest BCUT2D eigenvalue weighted by atomic mass is 10.1. The maximum atomic E-state index is 13.4. The number of nitrogens with one attached hydrogen (secondary N) is 3. The van der Waals surface area contributed by atoms with Crippen LogP contribution >= 0.6 is 0 Å². The number of benzene rings is 2. The Labute approximate surface area is 161 Å². The smallest absolute Gasteiger partial charge is 0.315 e. The molecule has 2 aromatic carbocycles. The number of H-pyrrole nitrogens is 1. The number of rotatable bonds is 5. The number of nitrogens with zero attached hydrogens (tertiary/aromatic N) is 1. The van der Waals surface area contributed by atoms with Gasteiger partial charge >= 0.3 is 6.03 Å². The van der Waals surface area contributed by atoms with Crippen molar-refractivity contribution in [3.63, 3.8) is 0 Å². The van der Waals surface area contributed by atoms with Crippen molar-refractivity contribution in [3.05, 3.63) is 66.1 Å². The van der Waals surface area contributed by atoms with Crippen molar-refractivity contribution in [2.24, 2.45) is 0 Å². The maximum Gasteiger partial charge on any atom is 0.315 e. The first kappa shape index (κ1) is 18.0. The molecular formula is C21H21FN4O2. The van der Waals surface area contributed by atoms with Gasteiger partial charge in [0, 0.05) is 42.3 Å². The Bertz CT molecular complexity index is 1020. The van der Waals surface area contributed by atoms with Crippen molar-refractivity contribution in [1.29, 1.82) is 0 Å². The molecule has 2 heterocycles. The quantitative estimate of drug-likeness (QED) is 0.636. The van der Waals surface area contributed by atoms with Gasteiger partial charge < -0.3 is 20.5 Å². The van der Waals surface area contributed by atoms with Gasteiger partial charge in [-0.25, -0.2) is 9.18 Å². The Kier molecular flexibility index (Phi) is 4.97. The Morgan fingerprint density at radius 1 is 1.21 bits per heavy atom. The van der Waals surface area contributed by atoms with Crippen LogP contribution in [0.4, 0.5) is 14.9 Å². The van der Waals surface area contributed by atoms with E-state index in [1.165, 1.54) is 17.0 Å². The third-order valence-corrected chi connectivity index (χ3v) is 4.93. The van der Waals surface area contributed by atoms with Gasteiger partial charge in [0.2, 0.25) is 5.91 Å². The van der Waals surface area contributed by atoms with Gasteiger partial charge in [0.15, 0.2) is 0 Å². The average molecular weight is 380 g/mol. The lowest BCUT2D eigenvalue weighted by molar-refractivity contribution is -0.117. The molecule has 6 nitrogen and oxygen atoms in total. The van der Waals surface area contributed by atoms with E-state index in [1.807, 2.05) is 30.5 Å². The molecule has 1 aliphatic heterocycles. The number of aromatic amines is 1. The zero-order valence-electron chi connectivity index (χ0n) is 15.2. The molecule has 0 spiro atoms. The van der Waals surface area contributed by atoms with Crippen molar-refractivity contribution >= 4 is 28.5 Å². The zero-order chi connectivity index (χ0) is 19.5. The molecule has 7 heteroatoms. The van der Waals surface area contributed by atoms with Crippen molar-refractivity contribution in [2.75, 3.05) is 18.0 Å². The highest BCUT2D eigenvalue weighted by molar-refractivity contribution is 5.96. The number of carbonyl (C=O) groups is 2. The zero-order valence-corrected chi connectivity index (χ0v) is 15.2. The highest BCUT2D eigenvalue weighted by Crippen LogP contribution is 2.22. The molecule has 1 atom stereocenters. The Morgan fingerprint density at radius 3 is 2.93 bits per heavy atom. The SMILES string of the molecule is O=C(NCCc1c[nH]c2ccccc12)N[C@@H]1CC(=O)N(c2cccc(F)c2)C1. The second-order valence-electron chi connectivity index (χ2n) is 6.89. The van der Waals surface area contributed by atoms with E-state index in [2.05, 4.69) is 15.6 Å². The molecular weight excluding hydrogens is 359 g/mol. The summed E-state index contributed by atoms with van der Waals surface area (Å²) in [7, 11) is 0. The van der Waals surface area contributed by atoms with E-state index in [4.69, 9.17) is 0 Å². The molecule has 1 fully saturated rings. The van der Waals surface area contributed by atoms with Crippen molar-refractivity contribution in [3.8, 4) is 0 Å². The standard InChI is InChI=1S/C21H21FN4O2/c22-15-4-3-5-17(10-15)26-13-16(11-20(26)27)25-21(28)23-9-8-14-12-24-19-7-2-1-6-18(14)19/h1-7,10,12,16,24H,8-9,11,13H2,(H2,23,25,28)/t16-/m1/s1. The molecule has 0 radical (unpaired) electrons. The summed E-state index contributed by atoms with van der Waals surface area (Å²) in [5.41, 5.74) is 2.72. The Morgan fingerprint density at radius 2 is 2.07 bits per heavy atom. The van der Waals surface area contributed by atoms with E-state index >= 15 is 0 Å². The summed E-state index contributed by atoms with van der Waals surface area (Å²) in [6.45, 7) is 0.820. The molecule has 4 rings (SSSR count). The minimum Gasteiger partial charge on any atom is -0.361 e. The van der Waals surface area contributed by atoms with Crippen LogP contribution in [0.5, 0.6) is 0 Å². The average Bonchev–Trinajstić information content (AvgIpc) is 3.25. The fraction of sp³-hybridized carbons (Fsp3) is 0.238. The van der Waals surface area contributed by atoms with Crippen LogP contribution in [0.25, 0.3) is 10.9 Å². The predicted molar refractivity (Wildman–Crippen MR) is 106 cm³/mol. The normalized spacial score (nSPS) is 16.5. The summed E-state index contributed by atoms with van der Waals surface area (Å²) in [5.74, 6) is -0.522. The fourth-order valence-electron chi connectivity index (χ4n) is 3.58. The van der Waals surface area contributed by atoms with E-state index in [-0.39, 0.29) is 24.4 Å². The Hall–Kier alpha value is -3.35. The first-order valence-electron chi connectivity index (χ1n) is 9.25. The van der Waals surface area contributed by atoms with Gasteiger partial charge in [-0.15, -0.1) is 0 Å². The van der Waals surface area contributed by atoms with Gasteiger partial charge in [0.05, 0.1) is 6.04 Å². The summed E-state index contributed by atoms with van der Waals surface area (Å²) in [6, 6.07) is 13.3. The van der Waals surface area contributed by atoms with Gasteiger partial charge in [-0.1, -0.05) is 24.3 Å². The summed E-state index contributed by atoms with van der Waals surface area (Å²) in [6.07, 6.45) is 2.86. The van der Waals surface area contributed by atoms with Crippen LogP contribution in [-0.2, 0) is 11.2 Å². The van der Waals surface area contributed by atoms with Gasteiger partial charge in [-0.2, -0.15) is 0 Å². The second kappa shape index (κ2) is 7.72. The van der Waals surface area contributed by atoms with E-state index in [9.17, 15) is 14.0 Å².